The number of morpholine rings is 1. The predicted molar refractivity (Wildman–Crippen MR) is 102 cm³/mol. The van der Waals surface area contributed by atoms with Crippen LogP contribution in [0.3, 0.4) is 0 Å². The number of urea groups is 1. The summed E-state index contributed by atoms with van der Waals surface area (Å²) in [6, 6.07) is 6.89. The first-order chi connectivity index (χ1) is 13.2. The number of carbonyl (C=O) groups is 2. The molecular weight excluding hydrogens is 348 g/mol. The molecule has 3 amide bonds. The first kappa shape index (κ1) is 19.2. The van der Waals surface area contributed by atoms with E-state index >= 15 is 0 Å². The second-order valence-electron chi connectivity index (χ2n) is 6.45. The van der Waals surface area contributed by atoms with Crippen molar-refractivity contribution in [2.75, 3.05) is 46.6 Å². The molecule has 1 aromatic heterocycles. The van der Waals surface area contributed by atoms with E-state index in [0.29, 0.717) is 45.9 Å². The van der Waals surface area contributed by atoms with Gasteiger partial charge in [-0.15, -0.1) is 0 Å². The maximum absolute atomic E-state index is 13.0. The van der Waals surface area contributed by atoms with Crippen molar-refractivity contribution in [2.24, 2.45) is 0 Å². The standard InChI is InChI=1S/C19H26N4O4/c1-26-9-6-20-19(25)22-17(18(24)23-7-10-27-11-8-23)12-14-13-21-16-5-3-2-4-15(14)16/h2-5,13,17,21H,6-12H2,1H3,(H2,20,22,25)/t17-/m0/s1. The summed E-state index contributed by atoms with van der Waals surface area (Å²) < 4.78 is 10.3. The summed E-state index contributed by atoms with van der Waals surface area (Å²) in [4.78, 5) is 30.2. The number of rotatable bonds is 7. The molecule has 3 rings (SSSR count). The van der Waals surface area contributed by atoms with Gasteiger partial charge in [-0.05, 0) is 11.6 Å². The van der Waals surface area contributed by atoms with Crippen LogP contribution in [0.4, 0.5) is 4.79 Å². The van der Waals surface area contributed by atoms with E-state index in [2.05, 4.69) is 15.6 Å². The van der Waals surface area contributed by atoms with Crippen LogP contribution < -0.4 is 10.6 Å². The molecule has 27 heavy (non-hydrogen) atoms. The number of hydrogen-bond acceptors (Lipinski definition) is 4. The fraction of sp³-hybridized carbons (Fsp3) is 0.474. The lowest BCUT2D eigenvalue weighted by Crippen LogP contribution is -2.54. The Balaban J connectivity index is 1.73. The number of H-pyrrole nitrogens is 1. The molecule has 1 aliphatic rings. The number of carbonyl (C=O) groups excluding carboxylic acids is 2. The first-order valence-electron chi connectivity index (χ1n) is 9.14. The van der Waals surface area contributed by atoms with Crippen LogP contribution >= 0.6 is 0 Å². The number of aromatic nitrogens is 1. The average molecular weight is 374 g/mol. The van der Waals surface area contributed by atoms with Crippen molar-refractivity contribution in [2.45, 2.75) is 12.5 Å². The highest BCUT2D eigenvalue weighted by Gasteiger charge is 2.28. The van der Waals surface area contributed by atoms with E-state index in [1.54, 1.807) is 12.0 Å². The summed E-state index contributed by atoms with van der Waals surface area (Å²) in [5, 5.41) is 6.59. The van der Waals surface area contributed by atoms with E-state index in [0.717, 1.165) is 16.5 Å². The third-order valence-corrected chi connectivity index (χ3v) is 4.62. The number of para-hydroxylation sites is 1. The normalized spacial score (nSPS) is 15.5. The number of nitrogens with zero attached hydrogens (tertiary/aromatic N) is 1. The van der Waals surface area contributed by atoms with Gasteiger partial charge in [-0.3, -0.25) is 4.79 Å². The molecular formula is C19H26N4O4. The molecule has 1 fully saturated rings. The minimum Gasteiger partial charge on any atom is -0.383 e. The lowest BCUT2D eigenvalue weighted by atomic mass is 10.0. The topological polar surface area (TPSA) is 95.7 Å². The summed E-state index contributed by atoms with van der Waals surface area (Å²) in [5.74, 6) is -0.0922. The summed E-state index contributed by atoms with van der Waals surface area (Å²) >= 11 is 0. The summed E-state index contributed by atoms with van der Waals surface area (Å²) in [7, 11) is 1.57. The Morgan fingerprint density at radius 1 is 1.30 bits per heavy atom. The molecule has 0 saturated carbocycles. The zero-order chi connectivity index (χ0) is 19.1. The number of fused-ring (bicyclic) bond motifs is 1. The van der Waals surface area contributed by atoms with Gasteiger partial charge in [0.1, 0.15) is 6.04 Å². The minimum absolute atomic E-state index is 0.0922. The van der Waals surface area contributed by atoms with Crippen molar-refractivity contribution in [1.82, 2.24) is 20.5 Å². The molecule has 146 valence electrons. The zero-order valence-electron chi connectivity index (χ0n) is 15.5. The molecule has 8 heteroatoms. The second-order valence-corrected chi connectivity index (χ2v) is 6.45. The average Bonchev–Trinajstić information content (AvgIpc) is 3.11. The number of amides is 3. The molecule has 0 aliphatic carbocycles. The third-order valence-electron chi connectivity index (χ3n) is 4.62. The molecule has 0 bridgehead atoms. The quantitative estimate of drug-likeness (QED) is 0.627. The molecule has 2 aromatic rings. The number of hydrogen-bond donors (Lipinski definition) is 3. The van der Waals surface area contributed by atoms with Crippen LogP contribution in [0.15, 0.2) is 30.5 Å². The van der Waals surface area contributed by atoms with Crippen molar-refractivity contribution in [3.8, 4) is 0 Å². The van der Waals surface area contributed by atoms with Gasteiger partial charge < -0.3 is 30.0 Å². The Morgan fingerprint density at radius 2 is 2.07 bits per heavy atom. The van der Waals surface area contributed by atoms with Gasteiger partial charge in [0.2, 0.25) is 5.91 Å². The number of methoxy groups -OCH3 is 1. The summed E-state index contributed by atoms with van der Waals surface area (Å²) in [5.41, 5.74) is 2.00. The largest absolute Gasteiger partial charge is 0.383 e. The minimum atomic E-state index is -0.648. The Hall–Kier alpha value is -2.58. The first-order valence-corrected chi connectivity index (χ1v) is 9.14. The van der Waals surface area contributed by atoms with E-state index in [4.69, 9.17) is 9.47 Å². The lowest BCUT2D eigenvalue weighted by molar-refractivity contribution is -0.137. The molecule has 1 atom stereocenters. The van der Waals surface area contributed by atoms with Gasteiger partial charge in [0.15, 0.2) is 0 Å². The molecule has 8 nitrogen and oxygen atoms in total. The highest BCUT2D eigenvalue weighted by molar-refractivity contribution is 5.89. The third kappa shape index (κ3) is 4.99. The molecule has 1 aliphatic heterocycles. The van der Waals surface area contributed by atoms with E-state index in [-0.39, 0.29) is 11.9 Å². The van der Waals surface area contributed by atoms with E-state index in [1.165, 1.54) is 0 Å². The van der Waals surface area contributed by atoms with Crippen molar-refractivity contribution >= 4 is 22.8 Å². The highest BCUT2D eigenvalue weighted by Crippen LogP contribution is 2.19. The monoisotopic (exact) mass is 374 g/mol. The fourth-order valence-electron chi connectivity index (χ4n) is 3.20. The van der Waals surface area contributed by atoms with Crippen LogP contribution in [-0.4, -0.2) is 74.4 Å². The van der Waals surface area contributed by atoms with Gasteiger partial charge in [-0.2, -0.15) is 0 Å². The van der Waals surface area contributed by atoms with Crippen molar-refractivity contribution < 1.29 is 19.1 Å². The lowest BCUT2D eigenvalue weighted by Gasteiger charge is -2.30. The van der Waals surface area contributed by atoms with Crippen LogP contribution in [-0.2, 0) is 20.7 Å². The smallest absolute Gasteiger partial charge is 0.315 e. The predicted octanol–water partition coefficient (Wildman–Crippen LogP) is 0.883. The second kappa shape index (κ2) is 9.38. The van der Waals surface area contributed by atoms with Crippen LogP contribution in [0, 0.1) is 0 Å². The maximum atomic E-state index is 13.0. The van der Waals surface area contributed by atoms with Gasteiger partial charge >= 0.3 is 6.03 Å². The van der Waals surface area contributed by atoms with Crippen LogP contribution in [0.2, 0.25) is 0 Å². The van der Waals surface area contributed by atoms with E-state index in [9.17, 15) is 9.59 Å². The van der Waals surface area contributed by atoms with Crippen LogP contribution in [0.25, 0.3) is 10.9 Å². The fourth-order valence-corrected chi connectivity index (χ4v) is 3.20. The summed E-state index contributed by atoms with van der Waals surface area (Å²) in [6.45, 7) is 2.91. The molecule has 0 spiro atoms. The molecule has 3 N–H and O–H groups in total. The number of nitrogens with one attached hydrogen (secondary N) is 3. The van der Waals surface area contributed by atoms with Gasteiger partial charge in [0, 0.05) is 50.3 Å². The van der Waals surface area contributed by atoms with Gasteiger partial charge in [-0.25, -0.2) is 4.79 Å². The maximum Gasteiger partial charge on any atom is 0.315 e. The van der Waals surface area contributed by atoms with Gasteiger partial charge in [0.25, 0.3) is 0 Å². The summed E-state index contributed by atoms with van der Waals surface area (Å²) in [6.07, 6.45) is 2.31. The Morgan fingerprint density at radius 3 is 2.85 bits per heavy atom. The number of ether oxygens (including phenoxy) is 2. The van der Waals surface area contributed by atoms with Crippen molar-refractivity contribution in [3.05, 3.63) is 36.0 Å². The Kier molecular flexibility index (Phi) is 6.67. The molecule has 1 saturated heterocycles. The number of aromatic amines is 1. The molecule has 0 unspecified atom stereocenters. The van der Waals surface area contributed by atoms with Crippen LogP contribution in [0.1, 0.15) is 5.56 Å². The van der Waals surface area contributed by atoms with Gasteiger partial charge in [-0.1, -0.05) is 18.2 Å². The zero-order valence-corrected chi connectivity index (χ0v) is 15.5. The SMILES string of the molecule is COCCNC(=O)N[C@@H](Cc1c[nH]c2ccccc12)C(=O)N1CCOCC1. The van der Waals surface area contributed by atoms with E-state index in [1.807, 2.05) is 30.5 Å². The van der Waals surface area contributed by atoms with E-state index < -0.39 is 6.04 Å². The molecule has 1 aromatic carbocycles. The highest BCUT2D eigenvalue weighted by atomic mass is 16.5. The van der Waals surface area contributed by atoms with Crippen molar-refractivity contribution in [3.63, 3.8) is 0 Å². The number of benzene rings is 1. The van der Waals surface area contributed by atoms with Crippen molar-refractivity contribution in [1.29, 1.82) is 0 Å². The van der Waals surface area contributed by atoms with Gasteiger partial charge in [0.05, 0.1) is 19.8 Å². The Bertz CT molecular complexity index is 770. The Labute approximate surface area is 158 Å². The van der Waals surface area contributed by atoms with Crippen LogP contribution in [0.5, 0.6) is 0 Å². The molecule has 2 heterocycles. The molecule has 0 radical (unpaired) electrons.